The van der Waals surface area contributed by atoms with Crippen LogP contribution in [0.4, 0.5) is 19.3 Å². The van der Waals surface area contributed by atoms with Gasteiger partial charge in [-0.3, -0.25) is 14.4 Å². The van der Waals surface area contributed by atoms with Crippen LogP contribution < -0.4 is 16.6 Å². The van der Waals surface area contributed by atoms with Gasteiger partial charge in [0.15, 0.2) is 11.6 Å². The minimum absolute atomic E-state index is 0.0329. The second-order valence-electron chi connectivity index (χ2n) is 7.92. The number of aromatic nitrogens is 3. The van der Waals surface area contributed by atoms with Gasteiger partial charge in [-0.2, -0.15) is 0 Å². The Morgan fingerprint density at radius 2 is 1.92 bits per heavy atom. The van der Waals surface area contributed by atoms with Gasteiger partial charge in [0.05, 0.1) is 24.7 Å². The minimum Gasteiger partial charge on any atom is -0.453 e. The predicted octanol–water partition coefficient (Wildman–Crippen LogP) is 2.52. The predicted molar refractivity (Wildman–Crippen MR) is 133 cm³/mol. The molecule has 0 saturated heterocycles. The number of methoxy groups -OCH3 is 1. The number of carbonyl (C=O) groups is 3. The number of likely N-dealkylation sites (N-methyl/N-ethyl adjacent to an activating group) is 1. The van der Waals surface area contributed by atoms with Gasteiger partial charge >= 0.3 is 6.09 Å². The third-order valence-electron chi connectivity index (χ3n) is 4.86. The first-order valence-electron chi connectivity index (χ1n) is 11.1. The molecule has 0 radical (unpaired) electrons. The van der Waals surface area contributed by atoms with Gasteiger partial charge in [0.25, 0.3) is 5.56 Å². The lowest BCUT2D eigenvalue weighted by atomic mass is 10.2. The van der Waals surface area contributed by atoms with Crippen LogP contribution >= 0.6 is 0 Å². The molecule has 0 atom stereocenters. The Balaban J connectivity index is 0.000000877. The first kappa shape index (κ1) is 28.7. The van der Waals surface area contributed by atoms with Crippen molar-refractivity contribution in [3.05, 3.63) is 70.4 Å². The number of pyridine rings is 1. The molecule has 198 valence electrons. The summed E-state index contributed by atoms with van der Waals surface area (Å²) >= 11 is 0. The minimum atomic E-state index is -1.00. The first-order chi connectivity index (χ1) is 17.5. The van der Waals surface area contributed by atoms with E-state index in [0.717, 1.165) is 12.1 Å². The maximum Gasteiger partial charge on any atom is 0.404 e. The number of amides is 3. The fraction of sp³-hybridized carbons (Fsp3) is 0.292. The molecule has 2 aromatic heterocycles. The van der Waals surface area contributed by atoms with Gasteiger partial charge in [-0.25, -0.2) is 18.6 Å². The van der Waals surface area contributed by atoms with Crippen LogP contribution in [-0.2, 0) is 20.9 Å². The highest BCUT2D eigenvalue weighted by molar-refractivity contribution is 5.90. The Morgan fingerprint density at radius 1 is 1.24 bits per heavy atom. The van der Waals surface area contributed by atoms with Crippen molar-refractivity contribution >= 4 is 34.6 Å². The summed E-state index contributed by atoms with van der Waals surface area (Å²) in [6, 6.07) is 5.09. The highest BCUT2D eigenvalue weighted by atomic mass is 19.2. The summed E-state index contributed by atoms with van der Waals surface area (Å²) in [6.45, 7) is 0.0329. The van der Waals surface area contributed by atoms with E-state index in [2.05, 4.69) is 25.8 Å². The maximum absolute atomic E-state index is 13.4. The number of carbonyl (C=O) groups excluding carboxylic acids is 3. The zero-order chi connectivity index (χ0) is 27.5. The summed E-state index contributed by atoms with van der Waals surface area (Å²) in [7, 11) is 4.53. The molecular formula is C24H28F2N6O5. The number of fused-ring (bicyclic) bond motifs is 1. The normalized spacial score (nSPS) is 10.6. The lowest BCUT2D eigenvalue weighted by molar-refractivity contribution is -0.123. The number of aromatic amines is 1. The first-order valence-corrected chi connectivity index (χ1v) is 11.1. The molecule has 0 aliphatic rings. The highest BCUT2D eigenvalue weighted by Crippen LogP contribution is 2.16. The van der Waals surface area contributed by atoms with Crippen LogP contribution in [0.1, 0.15) is 25.1 Å². The van der Waals surface area contributed by atoms with Crippen LogP contribution in [-0.4, -0.2) is 58.5 Å². The van der Waals surface area contributed by atoms with Gasteiger partial charge < -0.3 is 30.2 Å². The van der Waals surface area contributed by atoms with Crippen molar-refractivity contribution < 1.29 is 27.9 Å². The number of nitrogens with two attached hydrogens (primary N) is 1. The second-order valence-corrected chi connectivity index (χ2v) is 7.92. The van der Waals surface area contributed by atoms with E-state index >= 15 is 0 Å². The van der Waals surface area contributed by atoms with Crippen molar-refractivity contribution in [3.8, 4) is 0 Å². The van der Waals surface area contributed by atoms with Crippen LogP contribution in [0.15, 0.2) is 47.4 Å². The number of nitrogens with one attached hydrogen (secondary N) is 2. The van der Waals surface area contributed by atoms with Gasteiger partial charge in [-0.05, 0) is 31.1 Å². The van der Waals surface area contributed by atoms with Gasteiger partial charge in [0, 0.05) is 38.8 Å². The number of hydrogen-bond donors (Lipinski definition) is 3. The molecule has 2 heterocycles. The van der Waals surface area contributed by atoms with Gasteiger partial charge in [0.2, 0.25) is 11.8 Å². The molecular weight excluding hydrogens is 490 g/mol. The number of allylic oxidation sites excluding steroid dienone is 1. The molecule has 3 amide bonds. The molecule has 1 aromatic carbocycles. The number of benzene rings is 1. The standard InChI is InChI=1S/C22H23F2N5O3.C2H5NO2/c1-28(2)21(31)9-5-3-4-8-20(30)27-16-7-6-10-29(22(16)32)13-19-25-17-11-14(23)15(24)12-18(17)26-19;1-5-2(3)4/h5-7,9-12H,3-4,8,13H2,1-2H3,(H,25,26)(H,27,30);1H3,(H2,3,4)/b9-5+;. The third-order valence-corrected chi connectivity index (χ3v) is 4.86. The van der Waals surface area contributed by atoms with E-state index in [4.69, 9.17) is 0 Å². The largest absolute Gasteiger partial charge is 0.453 e. The van der Waals surface area contributed by atoms with Gasteiger partial charge in [-0.15, -0.1) is 0 Å². The quantitative estimate of drug-likeness (QED) is 0.308. The van der Waals surface area contributed by atoms with Crippen molar-refractivity contribution in [1.82, 2.24) is 19.4 Å². The van der Waals surface area contributed by atoms with Crippen molar-refractivity contribution in [1.29, 1.82) is 0 Å². The fourth-order valence-corrected chi connectivity index (χ4v) is 2.98. The zero-order valence-electron chi connectivity index (χ0n) is 20.6. The Bertz CT molecular complexity index is 1310. The summed E-state index contributed by atoms with van der Waals surface area (Å²) in [5.74, 6) is -2.10. The van der Waals surface area contributed by atoms with E-state index in [-0.39, 0.29) is 36.0 Å². The Hall–Kier alpha value is -4.55. The van der Waals surface area contributed by atoms with Crippen LogP contribution in [0.25, 0.3) is 11.0 Å². The van der Waals surface area contributed by atoms with Gasteiger partial charge in [0.1, 0.15) is 11.5 Å². The molecule has 13 heteroatoms. The van der Waals surface area contributed by atoms with Crippen LogP contribution in [0, 0.1) is 11.6 Å². The van der Waals surface area contributed by atoms with Crippen molar-refractivity contribution in [2.75, 3.05) is 26.5 Å². The molecule has 0 saturated carbocycles. The number of H-pyrrole nitrogens is 1. The summed E-state index contributed by atoms with van der Waals surface area (Å²) < 4.78 is 32.0. The number of halogens is 2. The smallest absolute Gasteiger partial charge is 0.404 e. The summed E-state index contributed by atoms with van der Waals surface area (Å²) in [5, 5.41) is 2.59. The molecule has 0 fully saturated rings. The molecule has 3 rings (SSSR count). The van der Waals surface area contributed by atoms with Crippen LogP contribution in [0.5, 0.6) is 0 Å². The van der Waals surface area contributed by atoms with Gasteiger partial charge in [-0.1, -0.05) is 6.08 Å². The number of rotatable bonds is 8. The maximum atomic E-state index is 13.4. The molecule has 0 spiro atoms. The molecule has 11 nitrogen and oxygen atoms in total. The molecule has 37 heavy (non-hydrogen) atoms. The average Bonchev–Trinajstić information content (AvgIpc) is 3.22. The van der Waals surface area contributed by atoms with E-state index in [0.29, 0.717) is 24.2 Å². The Morgan fingerprint density at radius 3 is 2.57 bits per heavy atom. The lowest BCUT2D eigenvalue weighted by Crippen LogP contribution is -2.26. The molecule has 0 aliphatic heterocycles. The Kier molecular flexibility index (Phi) is 10.5. The molecule has 0 unspecified atom stereocenters. The fourth-order valence-electron chi connectivity index (χ4n) is 2.98. The van der Waals surface area contributed by atoms with E-state index in [1.165, 1.54) is 34.9 Å². The second kappa shape index (κ2) is 13.5. The number of imidazole rings is 1. The molecule has 0 bridgehead atoms. The summed E-state index contributed by atoms with van der Waals surface area (Å²) in [6.07, 6.45) is 5.21. The topological polar surface area (TPSA) is 152 Å². The van der Waals surface area contributed by atoms with Crippen molar-refractivity contribution in [3.63, 3.8) is 0 Å². The number of unbranched alkanes of at least 4 members (excludes halogenated alkanes) is 1. The summed E-state index contributed by atoms with van der Waals surface area (Å²) in [4.78, 5) is 54.2. The highest BCUT2D eigenvalue weighted by Gasteiger charge is 2.12. The summed E-state index contributed by atoms with van der Waals surface area (Å²) in [5.41, 5.74) is 4.68. The Labute approximate surface area is 210 Å². The third kappa shape index (κ3) is 8.87. The number of nitrogens with zero attached hydrogens (tertiary/aromatic N) is 3. The van der Waals surface area contributed by atoms with Crippen LogP contribution in [0.2, 0.25) is 0 Å². The number of hydrogen-bond acceptors (Lipinski definition) is 6. The number of ether oxygens (including phenoxy) is 1. The monoisotopic (exact) mass is 518 g/mol. The molecule has 0 aliphatic carbocycles. The van der Waals surface area contributed by atoms with Crippen molar-refractivity contribution in [2.45, 2.75) is 25.8 Å². The van der Waals surface area contributed by atoms with Crippen LogP contribution in [0.3, 0.4) is 0 Å². The zero-order valence-corrected chi connectivity index (χ0v) is 20.6. The van der Waals surface area contributed by atoms with E-state index in [9.17, 15) is 28.0 Å². The average molecular weight is 519 g/mol. The number of anilines is 1. The van der Waals surface area contributed by atoms with Crippen molar-refractivity contribution in [2.24, 2.45) is 5.73 Å². The van der Waals surface area contributed by atoms with E-state index in [1.54, 1.807) is 26.2 Å². The lowest BCUT2D eigenvalue weighted by Gasteiger charge is -2.08. The number of primary amides is 1. The van der Waals surface area contributed by atoms with E-state index < -0.39 is 23.3 Å². The van der Waals surface area contributed by atoms with E-state index in [1.807, 2.05) is 0 Å². The molecule has 3 aromatic rings. The SMILES string of the molecule is CN(C)C(=O)/C=C/CCCC(=O)Nc1cccn(Cc2nc3cc(F)c(F)cc3[nH]2)c1=O.COC(N)=O. The molecule has 4 N–H and O–H groups in total.